The van der Waals surface area contributed by atoms with Crippen LogP contribution >= 0.6 is 11.3 Å². The SMILES string of the molecule is Cc1cc(NCC(=O)N(C)[C@@H](C)c2cccs2)c(C(N)=O)cc1F. The summed E-state index contributed by atoms with van der Waals surface area (Å²) in [6.07, 6.45) is 0. The summed E-state index contributed by atoms with van der Waals surface area (Å²) >= 11 is 1.58. The van der Waals surface area contributed by atoms with Gasteiger partial charge in [-0.05, 0) is 43.0 Å². The van der Waals surface area contributed by atoms with Crippen LogP contribution in [-0.4, -0.2) is 30.3 Å². The number of aryl methyl sites for hydroxylation is 1. The lowest BCUT2D eigenvalue weighted by Crippen LogP contribution is -2.34. The van der Waals surface area contributed by atoms with Crippen molar-refractivity contribution in [1.82, 2.24) is 4.90 Å². The van der Waals surface area contributed by atoms with Crippen LogP contribution in [0, 0.1) is 12.7 Å². The summed E-state index contributed by atoms with van der Waals surface area (Å²) in [5.74, 6) is -1.40. The summed E-state index contributed by atoms with van der Waals surface area (Å²) < 4.78 is 13.6. The van der Waals surface area contributed by atoms with E-state index in [-0.39, 0.29) is 24.1 Å². The van der Waals surface area contributed by atoms with Crippen LogP contribution < -0.4 is 11.1 Å². The van der Waals surface area contributed by atoms with Crippen molar-refractivity contribution in [2.24, 2.45) is 5.73 Å². The van der Waals surface area contributed by atoms with Crippen LogP contribution in [0.3, 0.4) is 0 Å². The Labute approximate surface area is 144 Å². The van der Waals surface area contributed by atoms with Crippen LogP contribution in [0.15, 0.2) is 29.6 Å². The summed E-state index contributed by atoms with van der Waals surface area (Å²) in [6.45, 7) is 3.51. The number of benzene rings is 1. The van der Waals surface area contributed by atoms with Gasteiger partial charge in [-0.3, -0.25) is 9.59 Å². The van der Waals surface area contributed by atoms with E-state index in [0.717, 1.165) is 10.9 Å². The first kappa shape index (κ1) is 17.9. The van der Waals surface area contributed by atoms with Gasteiger partial charge in [-0.2, -0.15) is 0 Å². The third kappa shape index (κ3) is 3.91. The molecule has 0 saturated carbocycles. The van der Waals surface area contributed by atoms with Crippen LogP contribution in [0.1, 0.15) is 33.8 Å². The molecule has 7 heteroatoms. The molecule has 0 saturated heterocycles. The highest BCUT2D eigenvalue weighted by Gasteiger charge is 2.19. The number of hydrogen-bond donors (Lipinski definition) is 2. The minimum atomic E-state index is -0.746. The van der Waals surface area contributed by atoms with E-state index in [1.54, 1.807) is 30.2 Å². The van der Waals surface area contributed by atoms with E-state index in [0.29, 0.717) is 11.3 Å². The number of halogens is 1. The van der Waals surface area contributed by atoms with Crippen LogP contribution in [0.4, 0.5) is 10.1 Å². The zero-order valence-corrected chi connectivity index (χ0v) is 14.6. The van der Waals surface area contributed by atoms with Crippen LogP contribution in [0.25, 0.3) is 0 Å². The van der Waals surface area contributed by atoms with Gasteiger partial charge in [0.15, 0.2) is 0 Å². The molecule has 128 valence electrons. The Morgan fingerprint density at radius 1 is 1.42 bits per heavy atom. The van der Waals surface area contributed by atoms with Gasteiger partial charge in [0.1, 0.15) is 5.82 Å². The molecule has 0 aliphatic rings. The second kappa shape index (κ2) is 7.44. The predicted molar refractivity (Wildman–Crippen MR) is 93.6 cm³/mol. The first-order valence-corrected chi connectivity index (χ1v) is 8.32. The number of hydrogen-bond acceptors (Lipinski definition) is 4. The maximum Gasteiger partial charge on any atom is 0.250 e. The molecule has 0 unspecified atom stereocenters. The van der Waals surface area contributed by atoms with Gasteiger partial charge in [-0.1, -0.05) is 6.07 Å². The van der Waals surface area contributed by atoms with Gasteiger partial charge in [0.2, 0.25) is 5.91 Å². The van der Waals surface area contributed by atoms with Crippen molar-refractivity contribution in [1.29, 1.82) is 0 Å². The zero-order chi connectivity index (χ0) is 17.9. The molecule has 5 nitrogen and oxygen atoms in total. The van der Waals surface area contributed by atoms with Gasteiger partial charge in [0.05, 0.1) is 18.2 Å². The molecule has 1 aromatic heterocycles. The Kier molecular flexibility index (Phi) is 5.56. The number of likely N-dealkylation sites (N-methyl/N-ethyl adjacent to an activating group) is 1. The highest BCUT2D eigenvalue weighted by Crippen LogP contribution is 2.24. The highest BCUT2D eigenvalue weighted by atomic mass is 32.1. The number of nitrogens with two attached hydrogens (primary N) is 1. The average Bonchev–Trinajstić information content (AvgIpc) is 3.08. The van der Waals surface area contributed by atoms with Crippen molar-refractivity contribution in [3.8, 4) is 0 Å². The summed E-state index contributed by atoms with van der Waals surface area (Å²) in [5, 5.41) is 4.85. The smallest absolute Gasteiger partial charge is 0.250 e. The molecule has 2 rings (SSSR count). The Balaban J connectivity index is 2.09. The lowest BCUT2D eigenvalue weighted by molar-refractivity contribution is -0.129. The third-order valence-corrected chi connectivity index (χ3v) is 4.97. The van der Waals surface area contributed by atoms with Crippen molar-refractivity contribution < 1.29 is 14.0 Å². The molecule has 2 aromatic rings. The van der Waals surface area contributed by atoms with Gasteiger partial charge < -0.3 is 16.0 Å². The Hall–Kier alpha value is -2.41. The van der Waals surface area contributed by atoms with E-state index in [4.69, 9.17) is 5.73 Å². The Morgan fingerprint density at radius 3 is 2.71 bits per heavy atom. The number of carbonyl (C=O) groups excluding carboxylic acids is 2. The number of rotatable bonds is 6. The number of thiophene rings is 1. The van der Waals surface area contributed by atoms with Crippen LogP contribution in [0.2, 0.25) is 0 Å². The monoisotopic (exact) mass is 349 g/mol. The zero-order valence-electron chi connectivity index (χ0n) is 13.8. The quantitative estimate of drug-likeness (QED) is 0.842. The molecule has 0 fully saturated rings. The molecule has 3 N–H and O–H groups in total. The van der Waals surface area contributed by atoms with Crippen molar-refractivity contribution >= 4 is 28.8 Å². The normalized spacial score (nSPS) is 11.8. The van der Waals surface area contributed by atoms with Crippen molar-refractivity contribution in [2.45, 2.75) is 19.9 Å². The van der Waals surface area contributed by atoms with Gasteiger partial charge in [-0.15, -0.1) is 11.3 Å². The largest absolute Gasteiger partial charge is 0.375 e. The molecule has 1 heterocycles. The molecule has 0 bridgehead atoms. The van der Waals surface area contributed by atoms with E-state index >= 15 is 0 Å². The Bertz CT molecular complexity index is 747. The maximum absolute atomic E-state index is 13.6. The first-order valence-electron chi connectivity index (χ1n) is 7.44. The first-order chi connectivity index (χ1) is 11.3. The van der Waals surface area contributed by atoms with Gasteiger partial charge in [0.25, 0.3) is 5.91 Å². The summed E-state index contributed by atoms with van der Waals surface area (Å²) in [4.78, 5) is 26.5. The molecule has 1 aromatic carbocycles. The second-order valence-corrected chi connectivity index (χ2v) is 6.54. The fourth-order valence-corrected chi connectivity index (χ4v) is 3.09. The summed E-state index contributed by atoms with van der Waals surface area (Å²) in [5.41, 5.74) is 6.02. The lowest BCUT2D eigenvalue weighted by Gasteiger charge is -2.24. The van der Waals surface area contributed by atoms with Gasteiger partial charge in [-0.25, -0.2) is 4.39 Å². The average molecular weight is 349 g/mol. The van der Waals surface area contributed by atoms with Crippen molar-refractivity contribution in [2.75, 3.05) is 18.9 Å². The number of anilines is 1. The minimum absolute atomic E-state index is 0.0163. The number of amides is 2. The summed E-state index contributed by atoms with van der Waals surface area (Å²) in [7, 11) is 1.72. The van der Waals surface area contributed by atoms with Gasteiger partial charge >= 0.3 is 0 Å². The van der Waals surface area contributed by atoms with E-state index in [2.05, 4.69) is 5.32 Å². The maximum atomic E-state index is 13.6. The van der Waals surface area contributed by atoms with Crippen LogP contribution in [-0.2, 0) is 4.79 Å². The van der Waals surface area contributed by atoms with E-state index in [9.17, 15) is 14.0 Å². The number of nitrogens with zero attached hydrogens (tertiary/aromatic N) is 1. The second-order valence-electron chi connectivity index (χ2n) is 5.56. The van der Waals surface area contributed by atoms with E-state index < -0.39 is 11.7 Å². The fourth-order valence-electron chi connectivity index (χ4n) is 2.26. The fraction of sp³-hybridized carbons (Fsp3) is 0.294. The standard InChI is InChI=1S/C17H20FN3O2S/c1-10-7-14(12(17(19)23)8-13(10)18)20-9-16(22)21(3)11(2)15-5-4-6-24-15/h4-8,11,20H,9H2,1-3H3,(H2,19,23)/t11-/m0/s1. The van der Waals surface area contributed by atoms with Crippen molar-refractivity contribution in [3.05, 3.63) is 51.5 Å². The molecule has 0 aliphatic heterocycles. The molecule has 1 atom stereocenters. The Morgan fingerprint density at radius 2 is 2.12 bits per heavy atom. The minimum Gasteiger partial charge on any atom is -0.375 e. The molecular formula is C17H20FN3O2S. The third-order valence-electron chi connectivity index (χ3n) is 3.92. The predicted octanol–water partition coefficient (Wildman–Crippen LogP) is 2.93. The number of primary amides is 1. The highest BCUT2D eigenvalue weighted by molar-refractivity contribution is 7.10. The van der Waals surface area contributed by atoms with Crippen molar-refractivity contribution in [3.63, 3.8) is 0 Å². The lowest BCUT2D eigenvalue weighted by atomic mass is 10.1. The number of carbonyl (C=O) groups is 2. The molecule has 0 aliphatic carbocycles. The molecule has 24 heavy (non-hydrogen) atoms. The topological polar surface area (TPSA) is 75.4 Å². The molecule has 0 radical (unpaired) electrons. The van der Waals surface area contributed by atoms with E-state index in [1.165, 1.54) is 6.07 Å². The van der Waals surface area contributed by atoms with Crippen LogP contribution in [0.5, 0.6) is 0 Å². The molecule has 0 spiro atoms. The molecule has 2 amide bonds. The summed E-state index contributed by atoms with van der Waals surface area (Å²) in [6, 6.07) is 6.42. The number of nitrogens with one attached hydrogen (secondary N) is 1. The van der Waals surface area contributed by atoms with E-state index in [1.807, 2.05) is 24.4 Å². The molecular weight excluding hydrogens is 329 g/mol. The van der Waals surface area contributed by atoms with Gasteiger partial charge in [0, 0.05) is 17.6 Å².